The van der Waals surface area contributed by atoms with E-state index in [-0.39, 0.29) is 0 Å². The third-order valence-electron chi connectivity index (χ3n) is 2.38. The number of nitrogens with two attached hydrogens (primary N) is 1. The number of benzene rings is 1. The van der Waals surface area contributed by atoms with Gasteiger partial charge in [-0.05, 0) is 31.5 Å². The molecule has 0 amide bonds. The fourth-order valence-electron chi connectivity index (χ4n) is 1.58. The highest BCUT2D eigenvalue weighted by molar-refractivity contribution is 5.82. The molecular weight excluding hydrogens is 162 g/mol. The molecule has 1 aromatic carbocycles. The Hall–Kier alpha value is -1.28. The summed E-state index contributed by atoms with van der Waals surface area (Å²) >= 11 is 0. The zero-order chi connectivity index (χ0) is 9.42. The summed E-state index contributed by atoms with van der Waals surface area (Å²) in [6.45, 7) is 4.60. The molecule has 0 spiro atoms. The lowest BCUT2D eigenvalue weighted by Gasteiger charge is -1.91. The maximum atomic E-state index is 5.58. The summed E-state index contributed by atoms with van der Waals surface area (Å²) in [5, 5.41) is 1.18. The molecule has 2 N–H and O–H groups in total. The van der Waals surface area contributed by atoms with Gasteiger partial charge in [-0.15, -0.1) is 0 Å². The molecule has 0 radical (unpaired) electrons. The topological polar surface area (TPSA) is 39.2 Å². The van der Waals surface area contributed by atoms with Gasteiger partial charge in [0.1, 0.15) is 11.3 Å². The predicted octanol–water partition coefficient (Wildman–Crippen LogP) is 2.51. The van der Waals surface area contributed by atoms with E-state index in [0.717, 1.165) is 11.3 Å². The van der Waals surface area contributed by atoms with Crippen LogP contribution in [0.25, 0.3) is 11.0 Å². The second kappa shape index (κ2) is 2.89. The van der Waals surface area contributed by atoms with Crippen molar-refractivity contribution in [2.75, 3.05) is 0 Å². The van der Waals surface area contributed by atoms with Gasteiger partial charge < -0.3 is 10.2 Å². The number of hydrogen-bond donors (Lipinski definition) is 1. The molecule has 0 aliphatic carbocycles. The van der Waals surface area contributed by atoms with E-state index in [4.69, 9.17) is 10.2 Å². The molecule has 0 atom stereocenters. The van der Waals surface area contributed by atoms with Gasteiger partial charge in [0.25, 0.3) is 0 Å². The first kappa shape index (κ1) is 8.32. The molecule has 0 saturated heterocycles. The number of hydrogen-bond acceptors (Lipinski definition) is 2. The molecule has 13 heavy (non-hydrogen) atoms. The van der Waals surface area contributed by atoms with Crippen molar-refractivity contribution in [2.24, 2.45) is 5.73 Å². The average Bonchev–Trinajstić information content (AvgIpc) is 2.44. The lowest BCUT2D eigenvalue weighted by molar-refractivity contribution is 0.548. The molecule has 2 nitrogen and oxygen atoms in total. The Balaban J connectivity index is 2.77. The van der Waals surface area contributed by atoms with E-state index in [1.807, 2.05) is 19.1 Å². The first-order chi connectivity index (χ1) is 6.22. The molecule has 0 fully saturated rings. The van der Waals surface area contributed by atoms with Gasteiger partial charge in [0, 0.05) is 5.39 Å². The fraction of sp³-hybridized carbons (Fsp3) is 0.273. The first-order valence-electron chi connectivity index (χ1n) is 4.41. The summed E-state index contributed by atoms with van der Waals surface area (Å²) in [5.41, 5.74) is 8.91. The van der Waals surface area contributed by atoms with E-state index in [1.54, 1.807) is 0 Å². The van der Waals surface area contributed by atoms with Crippen LogP contribution in [0.2, 0.25) is 0 Å². The highest BCUT2D eigenvalue weighted by Gasteiger charge is 2.07. The summed E-state index contributed by atoms with van der Waals surface area (Å²) in [6, 6.07) is 6.18. The minimum atomic E-state index is 0.472. The standard InChI is InChI=1S/C11H13NO/c1-7-3-4-10-9(5-7)8(2)11(6-12)13-10/h3-5H,6,12H2,1-2H3. The lowest BCUT2D eigenvalue weighted by atomic mass is 10.1. The van der Waals surface area contributed by atoms with Crippen molar-refractivity contribution in [3.8, 4) is 0 Å². The predicted molar refractivity (Wildman–Crippen MR) is 53.6 cm³/mol. The van der Waals surface area contributed by atoms with Gasteiger partial charge in [0.05, 0.1) is 6.54 Å². The Morgan fingerprint density at radius 2 is 2.08 bits per heavy atom. The molecule has 2 rings (SSSR count). The van der Waals surface area contributed by atoms with Crippen molar-refractivity contribution in [3.05, 3.63) is 35.1 Å². The fourth-order valence-corrected chi connectivity index (χ4v) is 1.58. The van der Waals surface area contributed by atoms with E-state index in [2.05, 4.69) is 13.0 Å². The van der Waals surface area contributed by atoms with Crippen LogP contribution in [0.15, 0.2) is 22.6 Å². The molecule has 0 aliphatic rings. The van der Waals surface area contributed by atoms with Gasteiger partial charge >= 0.3 is 0 Å². The Morgan fingerprint density at radius 1 is 1.31 bits per heavy atom. The van der Waals surface area contributed by atoms with Gasteiger partial charge in [-0.2, -0.15) is 0 Å². The maximum Gasteiger partial charge on any atom is 0.134 e. The maximum absolute atomic E-state index is 5.58. The Morgan fingerprint density at radius 3 is 2.77 bits per heavy atom. The summed E-state index contributed by atoms with van der Waals surface area (Å²) in [6.07, 6.45) is 0. The van der Waals surface area contributed by atoms with E-state index in [0.29, 0.717) is 6.54 Å². The molecule has 2 aromatic rings. The van der Waals surface area contributed by atoms with Crippen LogP contribution >= 0.6 is 0 Å². The van der Waals surface area contributed by atoms with Crippen molar-refractivity contribution in [1.82, 2.24) is 0 Å². The second-order valence-electron chi connectivity index (χ2n) is 3.35. The van der Waals surface area contributed by atoms with Gasteiger partial charge in [-0.1, -0.05) is 11.6 Å². The molecule has 68 valence electrons. The third kappa shape index (κ3) is 1.23. The van der Waals surface area contributed by atoms with Crippen LogP contribution in [-0.2, 0) is 6.54 Å². The van der Waals surface area contributed by atoms with Crippen molar-refractivity contribution in [2.45, 2.75) is 20.4 Å². The second-order valence-corrected chi connectivity index (χ2v) is 3.35. The van der Waals surface area contributed by atoms with E-state index in [1.165, 1.54) is 16.5 Å². The molecule has 2 heteroatoms. The SMILES string of the molecule is Cc1ccc2oc(CN)c(C)c2c1. The van der Waals surface area contributed by atoms with Gasteiger partial charge in [0.15, 0.2) is 0 Å². The molecule has 1 heterocycles. The quantitative estimate of drug-likeness (QED) is 0.723. The zero-order valence-electron chi connectivity index (χ0n) is 7.92. The number of furan rings is 1. The molecule has 0 bridgehead atoms. The largest absolute Gasteiger partial charge is 0.459 e. The van der Waals surface area contributed by atoms with Crippen molar-refractivity contribution in [3.63, 3.8) is 0 Å². The minimum absolute atomic E-state index is 0.472. The van der Waals surface area contributed by atoms with Crippen LogP contribution in [0, 0.1) is 13.8 Å². The van der Waals surface area contributed by atoms with Crippen LogP contribution in [0.3, 0.4) is 0 Å². The lowest BCUT2D eigenvalue weighted by Crippen LogP contribution is -1.95. The van der Waals surface area contributed by atoms with Gasteiger partial charge in [-0.3, -0.25) is 0 Å². The zero-order valence-corrected chi connectivity index (χ0v) is 7.92. The minimum Gasteiger partial charge on any atom is -0.459 e. The van der Waals surface area contributed by atoms with Gasteiger partial charge in [0.2, 0.25) is 0 Å². The Kier molecular flexibility index (Phi) is 1.85. The van der Waals surface area contributed by atoms with Gasteiger partial charge in [-0.25, -0.2) is 0 Å². The average molecular weight is 175 g/mol. The van der Waals surface area contributed by atoms with E-state index in [9.17, 15) is 0 Å². The molecule has 0 unspecified atom stereocenters. The number of rotatable bonds is 1. The van der Waals surface area contributed by atoms with Crippen LogP contribution in [0.1, 0.15) is 16.9 Å². The van der Waals surface area contributed by atoms with Crippen molar-refractivity contribution >= 4 is 11.0 Å². The summed E-state index contributed by atoms with van der Waals surface area (Å²) in [4.78, 5) is 0. The summed E-state index contributed by atoms with van der Waals surface area (Å²) in [5.74, 6) is 0.889. The van der Waals surface area contributed by atoms with Crippen molar-refractivity contribution in [1.29, 1.82) is 0 Å². The first-order valence-corrected chi connectivity index (χ1v) is 4.41. The molecular formula is C11H13NO. The third-order valence-corrected chi connectivity index (χ3v) is 2.38. The molecule has 1 aromatic heterocycles. The molecule has 0 saturated carbocycles. The highest BCUT2D eigenvalue weighted by Crippen LogP contribution is 2.25. The smallest absolute Gasteiger partial charge is 0.134 e. The van der Waals surface area contributed by atoms with Crippen molar-refractivity contribution < 1.29 is 4.42 Å². The Bertz CT molecular complexity index is 443. The highest BCUT2D eigenvalue weighted by atomic mass is 16.3. The van der Waals surface area contributed by atoms with Crippen LogP contribution < -0.4 is 5.73 Å². The number of fused-ring (bicyclic) bond motifs is 1. The van der Waals surface area contributed by atoms with Crippen LogP contribution in [-0.4, -0.2) is 0 Å². The van der Waals surface area contributed by atoms with E-state index >= 15 is 0 Å². The van der Waals surface area contributed by atoms with Crippen LogP contribution in [0.5, 0.6) is 0 Å². The normalized spacial score (nSPS) is 11.0. The monoisotopic (exact) mass is 175 g/mol. The molecule has 0 aliphatic heterocycles. The van der Waals surface area contributed by atoms with E-state index < -0.39 is 0 Å². The summed E-state index contributed by atoms with van der Waals surface area (Å²) < 4.78 is 5.58. The van der Waals surface area contributed by atoms with Crippen LogP contribution in [0.4, 0.5) is 0 Å². The summed E-state index contributed by atoms with van der Waals surface area (Å²) in [7, 11) is 0. The Labute approximate surface area is 77.3 Å². The number of aryl methyl sites for hydroxylation is 2.